The lowest BCUT2D eigenvalue weighted by atomic mass is 9.44. The molecule has 33 heavy (non-hydrogen) atoms. The molecule has 184 valence electrons. The Kier molecular flexibility index (Phi) is 5.74. The molecule has 1 aromatic rings. The van der Waals surface area contributed by atoms with E-state index in [9.17, 15) is 5.11 Å². The van der Waals surface area contributed by atoms with Gasteiger partial charge in [-0.05, 0) is 119 Å². The molecule has 8 atom stereocenters. The third-order valence-corrected chi connectivity index (χ3v) is 11.7. The summed E-state index contributed by atoms with van der Waals surface area (Å²) in [6, 6.07) is 2.00. The van der Waals surface area contributed by atoms with Gasteiger partial charge in [0.25, 0.3) is 0 Å². The van der Waals surface area contributed by atoms with Crippen molar-refractivity contribution in [2.24, 2.45) is 34.5 Å². The molecule has 4 nitrogen and oxygen atoms in total. The van der Waals surface area contributed by atoms with Crippen molar-refractivity contribution < 1.29 is 14.3 Å². The Bertz CT molecular complexity index is 819. The summed E-state index contributed by atoms with van der Waals surface area (Å²) in [6.45, 7) is 9.62. The number of hydrogen-bond donors (Lipinski definition) is 1. The summed E-state index contributed by atoms with van der Waals surface area (Å²) >= 11 is 0. The molecule has 1 N–H and O–H groups in total. The molecular formula is C29H45NO3. The molecule has 0 aromatic carbocycles. The van der Waals surface area contributed by atoms with Gasteiger partial charge in [-0.1, -0.05) is 13.8 Å². The van der Waals surface area contributed by atoms with Crippen molar-refractivity contribution in [1.82, 2.24) is 4.90 Å². The van der Waals surface area contributed by atoms with Gasteiger partial charge in [0.2, 0.25) is 0 Å². The molecular weight excluding hydrogens is 410 g/mol. The Morgan fingerprint density at radius 2 is 1.85 bits per heavy atom. The first-order valence-corrected chi connectivity index (χ1v) is 14.0. The summed E-state index contributed by atoms with van der Waals surface area (Å²) < 4.78 is 11.8. The van der Waals surface area contributed by atoms with Crippen molar-refractivity contribution in [3.8, 4) is 0 Å². The second-order valence-electron chi connectivity index (χ2n) is 12.8. The van der Waals surface area contributed by atoms with E-state index in [-0.39, 0.29) is 5.41 Å². The third kappa shape index (κ3) is 3.49. The SMILES string of the molecule is C[C@]12CCC(OCCN3CCCC3)CC1CC[C@@H]1[C@H]2CC[C@@]2(C)[C@H]1CCC2(O)c1ccoc1. The van der Waals surface area contributed by atoms with Gasteiger partial charge in [0.15, 0.2) is 0 Å². The van der Waals surface area contributed by atoms with Crippen LogP contribution in [0.3, 0.4) is 0 Å². The van der Waals surface area contributed by atoms with E-state index in [4.69, 9.17) is 9.15 Å². The minimum Gasteiger partial charge on any atom is -0.472 e. The van der Waals surface area contributed by atoms with Crippen molar-refractivity contribution in [3.63, 3.8) is 0 Å². The largest absolute Gasteiger partial charge is 0.472 e. The number of likely N-dealkylation sites (tertiary alicyclic amines) is 1. The van der Waals surface area contributed by atoms with Gasteiger partial charge in [0.1, 0.15) is 0 Å². The van der Waals surface area contributed by atoms with Crippen molar-refractivity contribution in [1.29, 1.82) is 0 Å². The standard InChI is InChI=1S/C29H45NO3/c1-27-11-7-23(33-18-16-30-14-3-4-15-30)19-21(27)5-6-24-25(27)8-12-28(2)26(24)9-13-29(28,31)22-10-17-32-20-22/h10,17,20-21,23-26,31H,3-9,11-16,18-19H2,1-2H3/t21?,23?,24-,25-,26+,27+,28+,29?/m1/s1. The first kappa shape index (κ1) is 22.6. The van der Waals surface area contributed by atoms with Gasteiger partial charge >= 0.3 is 0 Å². The maximum absolute atomic E-state index is 11.9. The fraction of sp³-hybridized carbons (Fsp3) is 0.862. The molecule has 2 heterocycles. The summed E-state index contributed by atoms with van der Waals surface area (Å²) in [5.74, 6) is 3.07. The summed E-state index contributed by atoms with van der Waals surface area (Å²) in [6.07, 6.45) is 17.8. The Morgan fingerprint density at radius 3 is 2.64 bits per heavy atom. The number of fused-ring (bicyclic) bond motifs is 5. The van der Waals surface area contributed by atoms with E-state index in [2.05, 4.69) is 18.7 Å². The van der Waals surface area contributed by atoms with Gasteiger partial charge in [0, 0.05) is 17.5 Å². The van der Waals surface area contributed by atoms with Crippen LogP contribution < -0.4 is 0 Å². The Hall–Kier alpha value is -0.840. The zero-order chi connectivity index (χ0) is 22.7. The average molecular weight is 456 g/mol. The van der Waals surface area contributed by atoms with Crippen LogP contribution in [0.15, 0.2) is 23.0 Å². The first-order valence-electron chi connectivity index (χ1n) is 14.0. The second kappa shape index (κ2) is 8.38. The number of ether oxygens (including phenoxy) is 1. The lowest BCUT2D eigenvalue weighted by Gasteiger charge is -2.61. The molecule has 5 aliphatic rings. The Morgan fingerprint density at radius 1 is 1.03 bits per heavy atom. The monoisotopic (exact) mass is 455 g/mol. The van der Waals surface area contributed by atoms with E-state index in [1.54, 1.807) is 12.5 Å². The van der Waals surface area contributed by atoms with Crippen LogP contribution in [0.5, 0.6) is 0 Å². The highest BCUT2D eigenvalue weighted by Crippen LogP contribution is 2.70. The maximum atomic E-state index is 11.9. The molecule has 0 amide bonds. The number of nitrogens with zero attached hydrogens (tertiary/aromatic N) is 1. The minimum atomic E-state index is -0.714. The quantitative estimate of drug-likeness (QED) is 0.592. The molecule has 1 aromatic heterocycles. The molecule has 0 spiro atoms. The summed E-state index contributed by atoms with van der Waals surface area (Å²) in [5, 5.41) is 11.9. The van der Waals surface area contributed by atoms with Crippen LogP contribution in [0.1, 0.15) is 90.0 Å². The predicted molar refractivity (Wildman–Crippen MR) is 130 cm³/mol. The molecule has 0 bridgehead atoms. The van der Waals surface area contributed by atoms with Gasteiger partial charge < -0.3 is 19.2 Å². The Labute approximate surface area is 200 Å². The minimum absolute atomic E-state index is 0.0167. The van der Waals surface area contributed by atoms with Gasteiger partial charge in [-0.3, -0.25) is 0 Å². The van der Waals surface area contributed by atoms with Crippen LogP contribution >= 0.6 is 0 Å². The molecule has 1 saturated heterocycles. The predicted octanol–water partition coefficient (Wildman–Crippen LogP) is 5.99. The van der Waals surface area contributed by atoms with Crippen molar-refractivity contribution >= 4 is 0 Å². The van der Waals surface area contributed by atoms with Crippen LogP contribution in [0.2, 0.25) is 0 Å². The molecule has 4 saturated carbocycles. The highest BCUT2D eigenvalue weighted by atomic mass is 16.5. The highest BCUT2D eigenvalue weighted by Gasteiger charge is 2.65. The topological polar surface area (TPSA) is 45.8 Å². The second-order valence-corrected chi connectivity index (χ2v) is 12.8. The van der Waals surface area contributed by atoms with Gasteiger partial charge in [-0.15, -0.1) is 0 Å². The fourth-order valence-electron chi connectivity index (χ4n) is 9.71. The number of aliphatic hydroxyl groups is 1. The normalized spacial score (nSPS) is 47.8. The van der Waals surface area contributed by atoms with E-state index in [0.717, 1.165) is 49.3 Å². The van der Waals surface area contributed by atoms with E-state index < -0.39 is 5.60 Å². The van der Waals surface area contributed by atoms with Crippen LogP contribution in [0.25, 0.3) is 0 Å². The van der Waals surface area contributed by atoms with E-state index in [1.165, 1.54) is 70.9 Å². The van der Waals surface area contributed by atoms with Gasteiger partial charge in [0.05, 0.1) is 30.8 Å². The van der Waals surface area contributed by atoms with E-state index in [0.29, 0.717) is 17.4 Å². The lowest BCUT2D eigenvalue weighted by molar-refractivity contribution is -0.165. The molecule has 3 unspecified atom stereocenters. The van der Waals surface area contributed by atoms with Crippen LogP contribution in [-0.2, 0) is 10.3 Å². The van der Waals surface area contributed by atoms with Crippen molar-refractivity contribution in [2.75, 3.05) is 26.2 Å². The van der Waals surface area contributed by atoms with Crippen LogP contribution in [0, 0.1) is 34.5 Å². The highest BCUT2D eigenvalue weighted by molar-refractivity contribution is 5.26. The van der Waals surface area contributed by atoms with E-state index >= 15 is 0 Å². The maximum Gasteiger partial charge on any atom is 0.0983 e. The average Bonchev–Trinajstić information content (AvgIpc) is 3.56. The molecule has 0 radical (unpaired) electrons. The molecule has 1 aliphatic heterocycles. The fourth-order valence-corrected chi connectivity index (χ4v) is 9.71. The Balaban J connectivity index is 1.12. The van der Waals surface area contributed by atoms with E-state index in [1.807, 2.05) is 6.07 Å². The lowest BCUT2D eigenvalue weighted by Crippen LogP contribution is -2.56. The number of rotatable bonds is 5. The molecule has 4 heteroatoms. The van der Waals surface area contributed by atoms with Crippen LogP contribution in [-0.4, -0.2) is 42.4 Å². The van der Waals surface area contributed by atoms with Crippen LogP contribution in [0.4, 0.5) is 0 Å². The van der Waals surface area contributed by atoms with Crippen molar-refractivity contribution in [3.05, 3.63) is 24.2 Å². The zero-order valence-corrected chi connectivity index (χ0v) is 20.9. The van der Waals surface area contributed by atoms with Gasteiger partial charge in [-0.2, -0.15) is 0 Å². The third-order valence-electron chi connectivity index (χ3n) is 11.7. The molecule has 4 aliphatic carbocycles. The smallest absolute Gasteiger partial charge is 0.0983 e. The zero-order valence-electron chi connectivity index (χ0n) is 20.9. The first-order chi connectivity index (χ1) is 15.9. The number of furan rings is 1. The number of hydrogen-bond acceptors (Lipinski definition) is 4. The molecule has 5 fully saturated rings. The summed E-state index contributed by atoms with van der Waals surface area (Å²) in [4.78, 5) is 2.57. The summed E-state index contributed by atoms with van der Waals surface area (Å²) in [7, 11) is 0. The summed E-state index contributed by atoms with van der Waals surface area (Å²) in [5.41, 5.74) is 0.748. The van der Waals surface area contributed by atoms with Gasteiger partial charge in [-0.25, -0.2) is 0 Å². The van der Waals surface area contributed by atoms with Crippen molar-refractivity contribution in [2.45, 2.75) is 96.2 Å². The molecule has 6 rings (SSSR count).